The molecular formula is C54H45N7O3. The molecule has 10 nitrogen and oxygen atoms in total. The summed E-state index contributed by atoms with van der Waals surface area (Å²) in [6, 6.07) is 63.3. The van der Waals surface area contributed by atoms with Crippen molar-refractivity contribution >= 4 is 34.9 Å². The van der Waals surface area contributed by atoms with Gasteiger partial charge < -0.3 is 10.1 Å². The third-order valence-corrected chi connectivity index (χ3v) is 11.2. The fourth-order valence-corrected chi connectivity index (χ4v) is 8.56. The van der Waals surface area contributed by atoms with E-state index in [-0.39, 0.29) is 0 Å². The van der Waals surface area contributed by atoms with Crippen LogP contribution in [0.25, 0.3) is 16.7 Å². The number of rotatable bonds is 12. The van der Waals surface area contributed by atoms with E-state index in [9.17, 15) is 9.59 Å². The Kier molecular flexibility index (Phi) is 11.1. The minimum absolute atomic E-state index is 0.417. The third kappa shape index (κ3) is 7.55. The van der Waals surface area contributed by atoms with Gasteiger partial charge in [0.1, 0.15) is 34.3 Å². The van der Waals surface area contributed by atoms with Gasteiger partial charge in [0, 0.05) is 17.3 Å². The maximum atomic E-state index is 13.3. The van der Waals surface area contributed by atoms with Crippen LogP contribution in [-0.4, -0.2) is 47.7 Å². The van der Waals surface area contributed by atoms with Gasteiger partial charge in [-0.05, 0) is 71.9 Å². The predicted octanol–water partition coefficient (Wildman–Crippen LogP) is 10.7. The Morgan fingerprint density at radius 3 is 1.48 bits per heavy atom. The molecule has 0 atom stereocenters. The number of hydrogen-bond acceptors (Lipinski definition) is 8. The van der Waals surface area contributed by atoms with Crippen LogP contribution in [0.3, 0.4) is 0 Å². The average molecular weight is 840 g/mol. The number of nitrogens with one attached hydrogen (secondary N) is 1. The first-order valence-corrected chi connectivity index (χ1v) is 21.0. The molecule has 6 aromatic carbocycles. The molecule has 0 fully saturated rings. The molecule has 0 saturated heterocycles. The Morgan fingerprint density at radius 2 is 1.06 bits per heavy atom. The summed E-state index contributed by atoms with van der Waals surface area (Å²) in [5.41, 5.74) is 5.16. The first-order chi connectivity index (χ1) is 31.2. The zero-order valence-electron chi connectivity index (χ0n) is 35.6. The highest BCUT2D eigenvalue weighted by Crippen LogP contribution is 2.44. The first kappa shape index (κ1) is 41.1. The monoisotopic (exact) mass is 839 g/mol. The molecule has 9 rings (SSSR count). The number of ether oxygens (including phenoxy) is 1. The summed E-state index contributed by atoms with van der Waals surface area (Å²) in [4.78, 5) is 31.6. The summed E-state index contributed by atoms with van der Waals surface area (Å²) in [5.74, 6) is 0.460. The van der Waals surface area contributed by atoms with Crippen molar-refractivity contribution in [2.24, 2.45) is 0 Å². The Balaban J connectivity index is 1.38. The van der Waals surface area contributed by atoms with Crippen LogP contribution >= 0.6 is 0 Å². The molecule has 3 aromatic heterocycles. The van der Waals surface area contributed by atoms with E-state index in [4.69, 9.17) is 20.0 Å². The highest BCUT2D eigenvalue weighted by atomic mass is 16.6. The normalized spacial score (nSPS) is 12.2. The highest BCUT2D eigenvalue weighted by Gasteiger charge is 2.43. The van der Waals surface area contributed by atoms with Crippen molar-refractivity contribution in [3.63, 3.8) is 0 Å². The van der Waals surface area contributed by atoms with Crippen LogP contribution in [0.15, 0.2) is 207 Å². The lowest BCUT2D eigenvalue weighted by Gasteiger charge is -2.38. The molecule has 0 aliphatic heterocycles. The van der Waals surface area contributed by atoms with Crippen LogP contribution in [0, 0.1) is 0 Å². The maximum Gasteiger partial charge on any atom is 0.435 e. The molecule has 64 heavy (non-hydrogen) atoms. The summed E-state index contributed by atoms with van der Waals surface area (Å²) in [7, 11) is 0. The number of benzene rings is 6. The first-order valence-electron chi connectivity index (χ1n) is 21.0. The standard InChI is InChI=1S/C54H45N7O3/c1-52(2,3)64-51(63)60-38-39(37-55-60)46(34-35-62)47-36-48(57-53(40-22-10-4-11-23-40,41-24-12-5-13-25-41)42-26-14-6-15-27-42)56-50-49(47)58-59-61(50)54(43-28-16-7-17-29-43,44-30-18-8-19-31-44)45-32-20-9-21-33-45/h4-38H,1-3H3,(H,56,57)/b46-34+. The van der Waals surface area contributed by atoms with Crippen molar-refractivity contribution in [3.05, 3.63) is 251 Å². The molecule has 0 aliphatic carbocycles. The van der Waals surface area contributed by atoms with Gasteiger partial charge >= 0.3 is 6.09 Å². The van der Waals surface area contributed by atoms with Crippen molar-refractivity contribution in [1.82, 2.24) is 29.8 Å². The Bertz CT molecular complexity index is 2860. The van der Waals surface area contributed by atoms with Gasteiger partial charge in [0.25, 0.3) is 0 Å². The molecule has 10 heteroatoms. The van der Waals surface area contributed by atoms with Gasteiger partial charge in [-0.3, -0.25) is 4.79 Å². The summed E-state index contributed by atoms with van der Waals surface area (Å²) in [6.45, 7) is 5.37. The van der Waals surface area contributed by atoms with E-state index in [1.807, 2.05) is 120 Å². The zero-order valence-corrected chi connectivity index (χ0v) is 35.6. The fraction of sp³-hybridized carbons (Fsp3) is 0.111. The summed E-state index contributed by atoms with van der Waals surface area (Å²) >= 11 is 0. The molecule has 0 aliphatic rings. The van der Waals surface area contributed by atoms with E-state index in [0.29, 0.717) is 40.0 Å². The lowest BCUT2D eigenvalue weighted by atomic mass is 9.77. The number of carbonyl (C=O) groups is 2. The highest BCUT2D eigenvalue weighted by molar-refractivity contribution is 5.98. The van der Waals surface area contributed by atoms with Gasteiger partial charge in [-0.2, -0.15) is 9.78 Å². The number of aromatic nitrogens is 6. The van der Waals surface area contributed by atoms with Crippen molar-refractivity contribution < 1.29 is 14.3 Å². The SMILES string of the molecule is CC(C)(C)OC(=O)n1cc(/C(=C\C=O)c2cc(NC(c3ccccc3)(c3ccccc3)c3ccccc3)nc3c2nnn3C(c2ccccc2)(c2ccccc2)c2ccccc2)cn1. The second-order valence-electron chi connectivity index (χ2n) is 16.4. The van der Waals surface area contributed by atoms with E-state index < -0.39 is 22.8 Å². The van der Waals surface area contributed by atoms with E-state index in [1.54, 1.807) is 27.0 Å². The molecule has 0 saturated carbocycles. The van der Waals surface area contributed by atoms with Crippen molar-refractivity contribution in [3.8, 4) is 0 Å². The molecule has 0 spiro atoms. The quantitative estimate of drug-likeness (QED) is 0.0734. The molecule has 314 valence electrons. The number of anilines is 1. The second kappa shape index (κ2) is 17.3. The maximum absolute atomic E-state index is 13.3. The van der Waals surface area contributed by atoms with Crippen LogP contribution in [-0.2, 0) is 20.6 Å². The van der Waals surface area contributed by atoms with Gasteiger partial charge in [-0.25, -0.2) is 14.5 Å². The molecule has 0 unspecified atom stereocenters. The summed E-state index contributed by atoms with van der Waals surface area (Å²) < 4.78 is 8.66. The number of nitrogens with zero attached hydrogens (tertiary/aromatic N) is 6. The van der Waals surface area contributed by atoms with E-state index in [0.717, 1.165) is 38.1 Å². The van der Waals surface area contributed by atoms with Crippen LogP contribution < -0.4 is 5.32 Å². The van der Waals surface area contributed by atoms with Gasteiger partial charge in [0.2, 0.25) is 0 Å². The number of carbonyl (C=O) groups excluding carboxylic acids is 2. The Morgan fingerprint density at radius 1 is 0.625 bits per heavy atom. The molecule has 9 aromatic rings. The van der Waals surface area contributed by atoms with Gasteiger partial charge in [-0.15, -0.1) is 5.10 Å². The number of hydrogen-bond donors (Lipinski definition) is 1. The minimum Gasteiger partial charge on any atom is -0.442 e. The summed E-state index contributed by atoms with van der Waals surface area (Å²) in [6.07, 6.45) is 4.60. The number of aldehydes is 1. The van der Waals surface area contributed by atoms with Crippen molar-refractivity contribution in [2.75, 3.05) is 5.32 Å². The summed E-state index contributed by atoms with van der Waals surface area (Å²) in [5, 5.41) is 18.3. The minimum atomic E-state index is -1.09. The molecule has 0 amide bonds. The number of allylic oxidation sites excluding steroid dienone is 1. The van der Waals surface area contributed by atoms with Crippen molar-refractivity contribution in [2.45, 2.75) is 37.5 Å². The number of fused-ring (bicyclic) bond motifs is 1. The second-order valence-corrected chi connectivity index (χ2v) is 16.4. The molecule has 0 radical (unpaired) electrons. The average Bonchev–Trinajstić information content (AvgIpc) is 4.01. The van der Waals surface area contributed by atoms with Crippen LogP contribution in [0.5, 0.6) is 0 Å². The van der Waals surface area contributed by atoms with Crippen molar-refractivity contribution in [1.29, 1.82) is 0 Å². The van der Waals surface area contributed by atoms with E-state index in [1.165, 1.54) is 12.3 Å². The molecule has 0 bridgehead atoms. The molecular weight excluding hydrogens is 795 g/mol. The molecule has 3 heterocycles. The van der Waals surface area contributed by atoms with Gasteiger partial charge in [0.15, 0.2) is 5.65 Å². The Labute approximate surface area is 371 Å². The van der Waals surface area contributed by atoms with Crippen LogP contribution in [0.2, 0.25) is 0 Å². The smallest absolute Gasteiger partial charge is 0.435 e. The van der Waals surface area contributed by atoms with Gasteiger partial charge in [0.05, 0.1) is 6.20 Å². The van der Waals surface area contributed by atoms with E-state index >= 15 is 0 Å². The Hall–Kier alpha value is -8.24. The fourth-order valence-electron chi connectivity index (χ4n) is 8.56. The predicted molar refractivity (Wildman–Crippen MR) is 250 cm³/mol. The zero-order chi connectivity index (χ0) is 44.2. The lowest BCUT2D eigenvalue weighted by molar-refractivity contribution is -0.104. The van der Waals surface area contributed by atoms with E-state index in [2.05, 4.69) is 83.2 Å². The third-order valence-electron chi connectivity index (χ3n) is 11.2. The number of pyridine rings is 1. The lowest BCUT2D eigenvalue weighted by Crippen LogP contribution is -2.39. The molecule has 1 N–H and O–H groups in total. The van der Waals surface area contributed by atoms with Crippen LogP contribution in [0.4, 0.5) is 10.6 Å². The topological polar surface area (TPSA) is 117 Å². The van der Waals surface area contributed by atoms with Gasteiger partial charge in [-0.1, -0.05) is 187 Å². The largest absolute Gasteiger partial charge is 0.442 e. The van der Waals surface area contributed by atoms with Crippen LogP contribution in [0.1, 0.15) is 65.3 Å².